The zero-order valence-corrected chi connectivity index (χ0v) is 14.7. The number of para-hydroxylation sites is 1. The van der Waals surface area contributed by atoms with Gasteiger partial charge in [-0.15, -0.1) is 0 Å². The van der Waals surface area contributed by atoms with Crippen molar-refractivity contribution in [1.29, 1.82) is 0 Å². The van der Waals surface area contributed by atoms with Gasteiger partial charge in [0.25, 0.3) is 0 Å². The molecule has 0 aliphatic rings. The average Bonchev–Trinajstić information content (AvgIpc) is 2.45. The molecule has 0 aliphatic heterocycles. The Morgan fingerprint density at radius 1 is 1.09 bits per heavy atom. The van der Waals surface area contributed by atoms with E-state index < -0.39 is 0 Å². The van der Waals surface area contributed by atoms with Crippen LogP contribution in [-0.2, 0) is 10.2 Å². The highest BCUT2D eigenvalue weighted by molar-refractivity contribution is 9.10. The van der Waals surface area contributed by atoms with Gasteiger partial charge < -0.3 is 10.6 Å². The standard InChI is InChI=1S/C18H21BrN2O/c1-18(2,3)15-9-4-5-10-16(15)21-17(22)12-20-14-8-6-7-13(19)11-14/h4-11,20H,12H2,1-3H3,(H,21,22). The lowest BCUT2D eigenvalue weighted by molar-refractivity contribution is -0.114. The highest BCUT2D eigenvalue weighted by atomic mass is 79.9. The number of hydrogen-bond acceptors (Lipinski definition) is 2. The molecule has 0 aliphatic carbocycles. The van der Waals surface area contributed by atoms with Gasteiger partial charge in [-0.1, -0.05) is 61.0 Å². The first-order valence-electron chi connectivity index (χ1n) is 7.25. The van der Waals surface area contributed by atoms with Crippen molar-refractivity contribution >= 4 is 33.2 Å². The highest BCUT2D eigenvalue weighted by Crippen LogP contribution is 2.29. The van der Waals surface area contributed by atoms with Gasteiger partial charge in [-0.3, -0.25) is 4.79 Å². The average molecular weight is 361 g/mol. The Morgan fingerprint density at radius 3 is 2.50 bits per heavy atom. The Bertz CT molecular complexity index is 662. The molecule has 0 saturated heterocycles. The summed E-state index contributed by atoms with van der Waals surface area (Å²) in [7, 11) is 0. The predicted octanol–water partition coefficient (Wildman–Crippen LogP) is 4.80. The summed E-state index contributed by atoms with van der Waals surface area (Å²) in [6.45, 7) is 6.64. The van der Waals surface area contributed by atoms with Crippen LogP contribution in [0.4, 0.5) is 11.4 Å². The van der Waals surface area contributed by atoms with E-state index in [1.54, 1.807) is 0 Å². The number of anilines is 2. The quantitative estimate of drug-likeness (QED) is 0.822. The normalized spacial score (nSPS) is 11.1. The van der Waals surface area contributed by atoms with Gasteiger partial charge in [0.15, 0.2) is 0 Å². The molecule has 2 aromatic rings. The number of carbonyl (C=O) groups excluding carboxylic acids is 1. The lowest BCUT2D eigenvalue weighted by atomic mass is 9.86. The Labute approximate surface area is 140 Å². The summed E-state index contributed by atoms with van der Waals surface area (Å²) in [5, 5.41) is 6.11. The van der Waals surface area contributed by atoms with Gasteiger partial charge in [-0.2, -0.15) is 0 Å². The molecule has 0 unspecified atom stereocenters. The molecule has 22 heavy (non-hydrogen) atoms. The summed E-state index contributed by atoms with van der Waals surface area (Å²) in [4.78, 5) is 12.2. The molecular weight excluding hydrogens is 340 g/mol. The lowest BCUT2D eigenvalue weighted by Crippen LogP contribution is -2.24. The number of benzene rings is 2. The molecule has 4 heteroatoms. The molecule has 1 amide bonds. The third-order valence-corrected chi connectivity index (χ3v) is 3.78. The van der Waals surface area contributed by atoms with E-state index in [1.807, 2.05) is 42.5 Å². The van der Waals surface area contributed by atoms with Crippen LogP contribution in [0.2, 0.25) is 0 Å². The monoisotopic (exact) mass is 360 g/mol. The zero-order valence-electron chi connectivity index (χ0n) is 13.1. The summed E-state index contributed by atoms with van der Waals surface area (Å²) in [6.07, 6.45) is 0. The SMILES string of the molecule is CC(C)(C)c1ccccc1NC(=O)CNc1cccc(Br)c1. The van der Waals surface area contributed by atoms with Crippen LogP contribution in [0.3, 0.4) is 0 Å². The van der Waals surface area contributed by atoms with Crippen molar-refractivity contribution in [3.05, 3.63) is 58.6 Å². The summed E-state index contributed by atoms with van der Waals surface area (Å²) in [6, 6.07) is 15.7. The third-order valence-electron chi connectivity index (χ3n) is 3.29. The van der Waals surface area contributed by atoms with Gasteiger partial charge in [0.2, 0.25) is 5.91 Å². The molecule has 2 aromatic carbocycles. The van der Waals surface area contributed by atoms with Crippen molar-refractivity contribution in [2.75, 3.05) is 17.2 Å². The number of carbonyl (C=O) groups is 1. The number of rotatable bonds is 4. The topological polar surface area (TPSA) is 41.1 Å². The van der Waals surface area contributed by atoms with Crippen molar-refractivity contribution in [3.8, 4) is 0 Å². The molecule has 2 N–H and O–H groups in total. The number of hydrogen-bond donors (Lipinski definition) is 2. The fraction of sp³-hybridized carbons (Fsp3) is 0.278. The number of nitrogens with one attached hydrogen (secondary N) is 2. The second-order valence-electron chi connectivity index (χ2n) is 6.21. The van der Waals surface area contributed by atoms with Crippen molar-refractivity contribution in [2.24, 2.45) is 0 Å². The molecule has 0 atom stereocenters. The highest BCUT2D eigenvalue weighted by Gasteiger charge is 2.18. The molecule has 0 radical (unpaired) electrons. The fourth-order valence-electron chi connectivity index (χ4n) is 2.22. The lowest BCUT2D eigenvalue weighted by Gasteiger charge is -2.23. The van der Waals surface area contributed by atoms with Crippen molar-refractivity contribution in [2.45, 2.75) is 26.2 Å². The zero-order chi connectivity index (χ0) is 16.2. The maximum Gasteiger partial charge on any atom is 0.243 e. The fourth-order valence-corrected chi connectivity index (χ4v) is 2.62. The van der Waals surface area contributed by atoms with E-state index in [2.05, 4.69) is 53.4 Å². The third kappa shape index (κ3) is 4.60. The van der Waals surface area contributed by atoms with Crippen LogP contribution in [0.1, 0.15) is 26.3 Å². The maximum atomic E-state index is 12.2. The van der Waals surface area contributed by atoms with Gasteiger partial charge in [-0.05, 0) is 35.2 Å². The van der Waals surface area contributed by atoms with E-state index in [-0.39, 0.29) is 17.9 Å². The molecule has 0 bridgehead atoms. The minimum absolute atomic E-state index is 0.0123. The largest absolute Gasteiger partial charge is 0.376 e. The van der Waals surface area contributed by atoms with Gasteiger partial charge >= 0.3 is 0 Å². The van der Waals surface area contributed by atoms with Crippen molar-refractivity contribution in [3.63, 3.8) is 0 Å². The predicted molar refractivity (Wildman–Crippen MR) is 96.4 cm³/mol. The van der Waals surface area contributed by atoms with Gasteiger partial charge in [0, 0.05) is 15.8 Å². The first-order chi connectivity index (χ1) is 10.4. The van der Waals surface area contributed by atoms with Gasteiger partial charge in [0.1, 0.15) is 0 Å². The molecule has 0 aromatic heterocycles. The van der Waals surface area contributed by atoms with Gasteiger partial charge in [-0.25, -0.2) is 0 Å². The molecule has 0 spiro atoms. The van der Waals surface area contributed by atoms with Crippen molar-refractivity contribution in [1.82, 2.24) is 0 Å². The summed E-state index contributed by atoms with van der Waals surface area (Å²) < 4.78 is 0.982. The van der Waals surface area contributed by atoms with Crippen LogP contribution in [0.5, 0.6) is 0 Å². The first kappa shape index (κ1) is 16.6. The smallest absolute Gasteiger partial charge is 0.243 e. The van der Waals surface area contributed by atoms with Crippen molar-refractivity contribution < 1.29 is 4.79 Å². The number of halogens is 1. The van der Waals surface area contributed by atoms with E-state index in [1.165, 1.54) is 0 Å². The Kier molecular flexibility index (Phi) is 5.24. The molecule has 0 saturated carbocycles. The van der Waals surface area contributed by atoms with E-state index in [0.29, 0.717) is 0 Å². The minimum Gasteiger partial charge on any atom is -0.376 e. The summed E-state index contributed by atoms with van der Waals surface area (Å²) in [5.74, 6) is -0.0586. The van der Waals surface area contributed by atoms with Crippen LogP contribution >= 0.6 is 15.9 Å². The Hall–Kier alpha value is -1.81. The second kappa shape index (κ2) is 6.97. The van der Waals surface area contributed by atoms with E-state index >= 15 is 0 Å². The first-order valence-corrected chi connectivity index (χ1v) is 8.04. The van der Waals surface area contributed by atoms with Crippen LogP contribution in [0.25, 0.3) is 0 Å². The maximum absolute atomic E-state index is 12.2. The Morgan fingerprint density at radius 2 is 1.82 bits per heavy atom. The van der Waals surface area contributed by atoms with E-state index in [0.717, 1.165) is 21.4 Å². The molecule has 2 rings (SSSR count). The molecule has 116 valence electrons. The van der Waals surface area contributed by atoms with Crippen LogP contribution < -0.4 is 10.6 Å². The summed E-state index contributed by atoms with van der Waals surface area (Å²) >= 11 is 3.41. The molecule has 0 fully saturated rings. The molecule has 3 nitrogen and oxygen atoms in total. The molecular formula is C18H21BrN2O. The van der Waals surface area contributed by atoms with Crippen LogP contribution in [0.15, 0.2) is 53.0 Å². The van der Waals surface area contributed by atoms with Gasteiger partial charge in [0.05, 0.1) is 6.54 Å². The molecule has 0 heterocycles. The Balaban J connectivity index is 2.01. The second-order valence-corrected chi connectivity index (χ2v) is 7.12. The van der Waals surface area contributed by atoms with Crippen LogP contribution in [0, 0.1) is 0 Å². The minimum atomic E-state index is -0.0586. The van der Waals surface area contributed by atoms with Crippen LogP contribution in [-0.4, -0.2) is 12.5 Å². The van der Waals surface area contributed by atoms with E-state index in [4.69, 9.17) is 0 Å². The van der Waals surface area contributed by atoms with E-state index in [9.17, 15) is 4.79 Å². The summed E-state index contributed by atoms with van der Waals surface area (Å²) in [5.41, 5.74) is 2.90. The number of amides is 1.